The first-order valence-electron chi connectivity index (χ1n) is 5.17. The average Bonchev–Trinajstić information content (AvgIpc) is 2.01. The molecule has 0 rings (SSSR count). The largest absolute Gasteiger partial charge is 0.356 e. The van der Waals surface area contributed by atoms with Crippen LogP contribution in [0.15, 0.2) is 0 Å². The lowest BCUT2D eigenvalue weighted by Crippen LogP contribution is -2.36. The predicted octanol–water partition coefficient (Wildman–Crippen LogP) is 2.58. The Labute approximate surface area is 82.1 Å². The second-order valence-corrected chi connectivity index (χ2v) is 4.67. The summed E-state index contributed by atoms with van der Waals surface area (Å²) in [7, 11) is 0. The molecule has 78 valence electrons. The molecule has 0 aromatic carbocycles. The van der Waals surface area contributed by atoms with E-state index in [4.69, 9.17) is 0 Å². The summed E-state index contributed by atoms with van der Waals surface area (Å²) in [5.41, 5.74) is 0.198. The number of carbonyl (C=O) groups is 1. The minimum atomic E-state index is 0.177. The number of hydrogen-bond donors (Lipinski definition) is 1. The minimum Gasteiger partial charge on any atom is -0.356 e. The van der Waals surface area contributed by atoms with E-state index in [2.05, 4.69) is 33.0 Å². The lowest BCUT2D eigenvalue weighted by Gasteiger charge is -2.29. The summed E-state index contributed by atoms with van der Waals surface area (Å²) >= 11 is 0. The Bertz CT molecular complexity index is 161. The summed E-state index contributed by atoms with van der Waals surface area (Å²) in [6.45, 7) is 11.5. The van der Waals surface area contributed by atoms with E-state index in [1.165, 1.54) is 0 Å². The van der Waals surface area contributed by atoms with Crippen LogP contribution in [-0.2, 0) is 4.79 Å². The van der Waals surface area contributed by atoms with E-state index in [1.54, 1.807) is 0 Å². The molecule has 0 saturated carbocycles. The third-order valence-corrected chi connectivity index (χ3v) is 2.78. The standard InChI is InChI=1S/C11H23NO/c1-6-7-10(13)12-8-11(4,5)9(2)3/h9H,6-8H2,1-5H3,(H,12,13). The first-order chi connectivity index (χ1) is 5.90. The molecule has 1 N–H and O–H groups in total. The summed E-state index contributed by atoms with van der Waals surface area (Å²) in [6, 6.07) is 0. The van der Waals surface area contributed by atoms with Crippen molar-refractivity contribution < 1.29 is 4.79 Å². The van der Waals surface area contributed by atoms with Crippen molar-refractivity contribution in [2.75, 3.05) is 6.54 Å². The molecule has 2 nitrogen and oxygen atoms in total. The van der Waals surface area contributed by atoms with Crippen molar-refractivity contribution in [3.05, 3.63) is 0 Å². The Morgan fingerprint density at radius 2 is 1.92 bits per heavy atom. The fourth-order valence-electron chi connectivity index (χ4n) is 0.846. The van der Waals surface area contributed by atoms with Crippen molar-refractivity contribution in [3.63, 3.8) is 0 Å². The van der Waals surface area contributed by atoms with Gasteiger partial charge < -0.3 is 5.32 Å². The first kappa shape index (κ1) is 12.5. The van der Waals surface area contributed by atoms with Crippen LogP contribution in [0.2, 0.25) is 0 Å². The van der Waals surface area contributed by atoms with Gasteiger partial charge in [-0.3, -0.25) is 4.79 Å². The Kier molecular flexibility index (Phi) is 5.04. The number of hydrogen-bond acceptors (Lipinski definition) is 1. The maximum absolute atomic E-state index is 11.2. The quantitative estimate of drug-likeness (QED) is 0.701. The Morgan fingerprint density at radius 1 is 1.38 bits per heavy atom. The predicted molar refractivity (Wildman–Crippen MR) is 56.5 cm³/mol. The smallest absolute Gasteiger partial charge is 0.220 e. The summed E-state index contributed by atoms with van der Waals surface area (Å²) in [5.74, 6) is 0.769. The van der Waals surface area contributed by atoms with Crippen LogP contribution in [0.3, 0.4) is 0 Å². The van der Waals surface area contributed by atoms with Crippen LogP contribution in [0.4, 0.5) is 0 Å². The highest BCUT2D eigenvalue weighted by atomic mass is 16.1. The van der Waals surface area contributed by atoms with Crippen LogP contribution in [0.5, 0.6) is 0 Å². The van der Waals surface area contributed by atoms with Gasteiger partial charge in [-0.25, -0.2) is 0 Å². The normalized spacial score (nSPS) is 11.8. The van der Waals surface area contributed by atoms with Gasteiger partial charge in [0, 0.05) is 13.0 Å². The number of rotatable bonds is 5. The lowest BCUT2D eigenvalue weighted by atomic mass is 9.81. The summed E-state index contributed by atoms with van der Waals surface area (Å²) < 4.78 is 0. The zero-order valence-electron chi connectivity index (χ0n) is 9.61. The van der Waals surface area contributed by atoms with E-state index in [0.29, 0.717) is 12.3 Å². The molecule has 0 fully saturated rings. The van der Waals surface area contributed by atoms with Crippen LogP contribution in [-0.4, -0.2) is 12.5 Å². The molecule has 0 aliphatic carbocycles. The highest BCUT2D eigenvalue weighted by Gasteiger charge is 2.22. The van der Waals surface area contributed by atoms with Gasteiger partial charge in [0.15, 0.2) is 0 Å². The Morgan fingerprint density at radius 3 is 2.31 bits per heavy atom. The maximum atomic E-state index is 11.2. The van der Waals surface area contributed by atoms with E-state index in [9.17, 15) is 4.79 Å². The molecule has 0 aromatic rings. The molecule has 1 amide bonds. The highest BCUT2D eigenvalue weighted by Crippen LogP contribution is 2.24. The number of carbonyl (C=O) groups excluding carboxylic acids is 1. The van der Waals surface area contributed by atoms with Crippen LogP contribution in [0.1, 0.15) is 47.5 Å². The van der Waals surface area contributed by atoms with Crippen molar-refractivity contribution in [2.45, 2.75) is 47.5 Å². The van der Waals surface area contributed by atoms with Gasteiger partial charge >= 0.3 is 0 Å². The topological polar surface area (TPSA) is 29.1 Å². The molecule has 13 heavy (non-hydrogen) atoms. The van der Waals surface area contributed by atoms with Gasteiger partial charge in [0.2, 0.25) is 5.91 Å². The molecule has 0 unspecified atom stereocenters. The molecule has 0 aromatic heterocycles. The lowest BCUT2D eigenvalue weighted by molar-refractivity contribution is -0.121. The molecule has 0 aliphatic heterocycles. The van der Waals surface area contributed by atoms with E-state index in [1.807, 2.05) is 6.92 Å². The van der Waals surface area contributed by atoms with Crippen LogP contribution in [0.25, 0.3) is 0 Å². The number of nitrogens with one attached hydrogen (secondary N) is 1. The van der Waals surface area contributed by atoms with Crippen molar-refractivity contribution in [1.29, 1.82) is 0 Å². The zero-order chi connectivity index (χ0) is 10.5. The van der Waals surface area contributed by atoms with Gasteiger partial charge in [-0.15, -0.1) is 0 Å². The maximum Gasteiger partial charge on any atom is 0.220 e. The van der Waals surface area contributed by atoms with Gasteiger partial charge in [-0.1, -0.05) is 34.6 Å². The monoisotopic (exact) mass is 185 g/mol. The van der Waals surface area contributed by atoms with Gasteiger partial charge in [0.25, 0.3) is 0 Å². The third-order valence-electron chi connectivity index (χ3n) is 2.78. The van der Waals surface area contributed by atoms with Gasteiger partial charge in [-0.05, 0) is 17.8 Å². The van der Waals surface area contributed by atoms with Gasteiger partial charge in [0.1, 0.15) is 0 Å². The fourth-order valence-corrected chi connectivity index (χ4v) is 0.846. The minimum absolute atomic E-state index is 0.177. The molecular formula is C11H23NO. The SMILES string of the molecule is CCCC(=O)NCC(C)(C)C(C)C. The summed E-state index contributed by atoms with van der Waals surface area (Å²) in [5, 5.41) is 2.97. The van der Waals surface area contributed by atoms with Crippen molar-refractivity contribution in [3.8, 4) is 0 Å². The van der Waals surface area contributed by atoms with Crippen molar-refractivity contribution >= 4 is 5.91 Å². The van der Waals surface area contributed by atoms with E-state index >= 15 is 0 Å². The van der Waals surface area contributed by atoms with Crippen LogP contribution >= 0.6 is 0 Å². The molecule has 0 spiro atoms. The third kappa shape index (κ3) is 4.91. The van der Waals surface area contributed by atoms with Gasteiger partial charge in [-0.2, -0.15) is 0 Å². The first-order valence-corrected chi connectivity index (χ1v) is 5.17. The van der Waals surface area contributed by atoms with Crippen molar-refractivity contribution in [2.24, 2.45) is 11.3 Å². The number of amides is 1. The Balaban J connectivity index is 3.81. The van der Waals surface area contributed by atoms with Crippen molar-refractivity contribution in [1.82, 2.24) is 5.32 Å². The average molecular weight is 185 g/mol. The zero-order valence-corrected chi connectivity index (χ0v) is 9.61. The Hall–Kier alpha value is -0.530. The van der Waals surface area contributed by atoms with Crippen LogP contribution < -0.4 is 5.32 Å². The molecule has 0 heterocycles. The molecule has 0 bridgehead atoms. The second kappa shape index (κ2) is 5.25. The second-order valence-electron chi connectivity index (χ2n) is 4.67. The highest BCUT2D eigenvalue weighted by molar-refractivity contribution is 5.75. The van der Waals surface area contributed by atoms with E-state index in [-0.39, 0.29) is 11.3 Å². The molecule has 0 saturated heterocycles. The van der Waals surface area contributed by atoms with E-state index < -0.39 is 0 Å². The molecule has 0 aliphatic rings. The van der Waals surface area contributed by atoms with E-state index in [0.717, 1.165) is 13.0 Å². The molecule has 0 radical (unpaired) electrons. The van der Waals surface area contributed by atoms with Crippen LogP contribution in [0, 0.1) is 11.3 Å². The fraction of sp³-hybridized carbons (Fsp3) is 0.909. The molecule has 2 heteroatoms. The summed E-state index contributed by atoms with van der Waals surface area (Å²) in [6.07, 6.45) is 1.57. The summed E-state index contributed by atoms with van der Waals surface area (Å²) in [4.78, 5) is 11.2. The molecular weight excluding hydrogens is 162 g/mol. The molecule has 0 atom stereocenters. The van der Waals surface area contributed by atoms with Gasteiger partial charge in [0.05, 0.1) is 0 Å².